The van der Waals surface area contributed by atoms with Crippen molar-refractivity contribution >= 4 is 53.8 Å². The van der Waals surface area contributed by atoms with E-state index in [4.69, 9.17) is 4.74 Å². The second-order valence-electron chi connectivity index (χ2n) is 15.0. The molecule has 3 N–H and O–H groups in total. The van der Waals surface area contributed by atoms with Gasteiger partial charge < -0.3 is 19.9 Å². The molecule has 294 valence electrons. The first-order chi connectivity index (χ1) is 26.1. The summed E-state index contributed by atoms with van der Waals surface area (Å²) in [6.45, 7) is 7.13. The minimum Gasteiger partial charge on any atom is -0.465 e. The summed E-state index contributed by atoms with van der Waals surface area (Å²) in [5.74, 6) is -0.782. The average Bonchev–Trinajstić information content (AvgIpc) is 3.67. The maximum atomic E-state index is 12.8. The highest BCUT2D eigenvalue weighted by atomic mass is 35.5. The number of piperidine rings is 4. The Kier molecular flexibility index (Phi) is 12.7. The van der Waals surface area contributed by atoms with Crippen LogP contribution in [0.5, 0.6) is 0 Å². The number of benzene rings is 2. The van der Waals surface area contributed by atoms with Gasteiger partial charge >= 0.3 is 5.97 Å². The highest BCUT2D eigenvalue weighted by molar-refractivity contribution is 6.06. The van der Waals surface area contributed by atoms with Crippen molar-refractivity contribution in [3.05, 3.63) is 69.8 Å². The summed E-state index contributed by atoms with van der Waals surface area (Å²) in [7, 11) is 0. The fraction of sp³-hybridized carbons (Fsp3) is 0.525. The number of hydrogen-bond acceptors (Lipinski definition) is 10. The van der Waals surface area contributed by atoms with Crippen molar-refractivity contribution in [1.82, 2.24) is 30.7 Å². The van der Waals surface area contributed by atoms with Crippen LogP contribution in [0.1, 0.15) is 113 Å². The zero-order valence-electron chi connectivity index (χ0n) is 31.1. The lowest BCUT2D eigenvalue weighted by Crippen LogP contribution is -2.52. The number of nitrogens with one attached hydrogen (secondary N) is 3. The zero-order chi connectivity index (χ0) is 37.9. The lowest BCUT2D eigenvalue weighted by molar-refractivity contribution is -0.145. The normalized spacial score (nSPS) is 23.3. The Morgan fingerprint density at radius 2 is 1.16 bits per heavy atom. The second kappa shape index (κ2) is 17.4. The molecule has 2 aromatic carbocycles. The number of likely N-dealkylation sites (tertiary alicyclic amines) is 1. The van der Waals surface area contributed by atoms with Crippen molar-refractivity contribution in [2.75, 3.05) is 39.3 Å². The first kappa shape index (κ1) is 40.0. The average molecular weight is 777 g/mol. The molecule has 0 aromatic heterocycles. The summed E-state index contributed by atoms with van der Waals surface area (Å²) < 4.78 is 5.03. The van der Waals surface area contributed by atoms with Crippen molar-refractivity contribution < 1.29 is 38.3 Å². The van der Waals surface area contributed by atoms with Gasteiger partial charge in [-0.15, -0.1) is 12.4 Å². The Labute approximate surface area is 326 Å². The Morgan fingerprint density at radius 3 is 1.62 bits per heavy atom. The van der Waals surface area contributed by atoms with Gasteiger partial charge in [0.2, 0.25) is 23.6 Å². The number of halogens is 1. The van der Waals surface area contributed by atoms with Gasteiger partial charge in [0.15, 0.2) is 0 Å². The molecule has 6 aliphatic rings. The summed E-state index contributed by atoms with van der Waals surface area (Å²) in [6.07, 6.45) is 5.45. The third kappa shape index (κ3) is 8.76. The standard InChI is InChI=1S/C22H27N3O5.C18H21N3O3.ClH/c1-2-30-20(27)13-24-9-7-14(8-10-24)15-3-4-17-16(11-15)12-25(22(17)29)18-5-6-19(26)23-21(18)28;22-16-4-3-15(17(23)20-16)21-10-13-9-12(1-2-14(13)18(21)24)11-5-7-19-8-6-11;/h3-4,11,14,18H,2,5-10,12-13H2,1H3,(H,23,26,28);1-2,9,11,15,19H,3-8,10H2,(H,20,22,23);1H. The molecule has 2 aromatic rings. The summed E-state index contributed by atoms with van der Waals surface area (Å²) >= 11 is 0. The molecular formula is C40H49ClN6O8. The largest absolute Gasteiger partial charge is 0.465 e. The Balaban J connectivity index is 0.000000188. The van der Waals surface area contributed by atoms with Crippen molar-refractivity contribution in [3.8, 4) is 0 Å². The van der Waals surface area contributed by atoms with Gasteiger partial charge in [0.1, 0.15) is 12.1 Å². The van der Waals surface area contributed by atoms with E-state index in [1.165, 1.54) is 11.1 Å². The Bertz CT molecular complexity index is 1860. The molecule has 4 saturated heterocycles. The van der Waals surface area contributed by atoms with Gasteiger partial charge in [0.05, 0.1) is 13.2 Å². The molecule has 0 radical (unpaired) electrons. The van der Waals surface area contributed by atoms with Gasteiger partial charge in [-0.25, -0.2) is 0 Å². The number of amides is 6. The monoisotopic (exact) mass is 776 g/mol. The van der Waals surface area contributed by atoms with Crippen LogP contribution in [0.2, 0.25) is 0 Å². The number of carbonyl (C=O) groups is 7. The van der Waals surface area contributed by atoms with E-state index in [0.29, 0.717) is 62.0 Å². The molecule has 14 nitrogen and oxygen atoms in total. The number of carbonyl (C=O) groups excluding carboxylic acids is 7. The van der Waals surface area contributed by atoms with Crippen LogP contribution in [-0.2, 0) is 41.8 Å². The van der Waals surface area contributed by atoms with Crippen LogP contribution in [0.25, 0.3) is 0 Å². The fourth-order valence-electron chi connectivity index (χ4n) is 8.67. The van der Waals surface area contributed by atoms with Crippen molar-refractivity contribution in [2.24, 2.45) is 0 Å². The van der Waals surface area contributed by atoms with Crippen LogP contribution in [0.4, 0.5) is 0 Å². The van der Waals surface area contributed by atoms with Crippen molar-refractivity contribution in [1.29, 1.82) is 0 Å². The summed E-state index contributed by atoms with van der Waals surface area (Å²) in [5.41, 5.74) is 5.76. The number of hydrogen-bond donors (Lipinski definition) is 3. The predicted octanol–water partition coefficient (Wildman–Crippen LogP) is 2.53. The van der Waals surface area contributed by atoms with E-state index in [0.717, 1.165) is 63.0 Å². The van der Waals surface area contributed by atoms with Crippen LogP contribution in [-0.4, -0.2) is 108 Å². The number of esters is 1. The smallest absolute Gasteiger partial charge is 0.320 e. The SMILES string of the molecule is CCOC(=O)CN1CCC(c2ccc3c(c2)CN(C2CCC(=O)NC2=O)C3=O)CC1.Cl.O=C1CCC(N2Cc3cc(C4CCNCC4)ccc3C2=O)C(=O)N1. The van der Waals surface area contributed by atoms with E-state index in [1.807, 2.05) is 25.1 Å². The molecule has 6 aliphatic heterocycles. The summed E-state index contributed by atoms with van der Waals surface area (Å²) in [6, 6.07) is 10.9. The number of ether oxygens (including phenoxy) is 1. The van der Waals surface area contributed by atoms with Gasteiger partial charge in [-0.3, -0.25) is 49.1 Å². The zero-order valence-corrected chi connectivity index (χ0v) is 31.9. The first-order valence-corrected chi connectivity index (χ1v) is 19.2. The lowest BCUT2D eigenvalue weighted by atomic mass is 9.88. The maximum Gasteiger partial charge on any atom is 0.320 e. The van der Waals surface area contributed by atoms with Gasteiger partial charge in [-0.2, -0.15) is 0 Å². The number of imide groups is 2. The van der Waals surface area contributed by atoms with Gasteiger partial charge in [0.25, 0.3) is 11.8 Å². The van der Waals surface area contributed by atoms with E-state index in [9.17, 15) is 33.6 Å². The molecule has 0 spiro atoms. The molecule has 2 atom stereocenters. The first-order valence-electron chi connectivity index (χ1n) is 19.2. The fourth-order valence-corrected chi connectivity index (χ4v) is 8.67. The minimum atomic E-state index is -0.586. The number of rotatable bonds is 7. The number of nitrogens with zero attached hydrogens (tertiary/aromatic N) is 3. The van der Waals surface area contributed by atoms with Crippen LogP contribution < -0.4 is 16.0 Å². The van der Waals surface area contributed by atoms with E-state index >= 15 is 0 Å². The molecule has 15 heteroatoms. The molecular weight excluding hydrogens is 728 g/mol. The molecule has 0 saturated carbocycles. The van der Waals surface area contributed by atoms with Crippen LogP contribution in [0.15, 0.2) is 36.4 Å². The molecule has 6 heterocycles. The highest BCUT2D eigenvalue weighted by Gasteiger charge is 2.41. The molecule has 2 unspecified atom stereocenters. The van der Waals surface area contributed by atoms with Crippen LogP contribution in [0.3, 0.4) is 0 Å². The van der Waals surface area contributed by atoms with E-state index in [-0.39, 0.29) is 66.7 Å². The quantitative estimate of drug-likeness (QED) is 0.280. The Morgan fingerprint density at radius 1 is 0.691 bits per heavy atom. The molecule has 0 bridgehead atoms. The third-order valence-electron chi connectivity index (χ3n) is 11.6. The molecule has 55 heavy (non-hydrogen) atoms. The van der Waals surface area contributed by atoms with E-state index in [1.54, 1.807) is 9.80 Å². The Hall–Kier alpha value is -4.66. The van der Waals surface area contributed by atoms with Crippen LogP contribution in [0, 0.1) is 0 Å². The maximum absolute atomic E-state index is 12.8. The summed E-state index contributed by atoms with van der Waals surface area (Å²) in [4.78, 5) is 89.4. The lowest BCUT2D eigenvalue weighted by Gasteiger charge is -2.31. The molecule has 4 fully saturated rings. The topological polar surface area (TPSA) is 175 Å². The summed E-state index contributed by atoms with van der Waals surface area (Å²) in [5, 5.41) is 8.04. The van der Waals surface area contributed by atoms with Gasteiger partial charge in [-0.05, 0) is 118 Å². The molecule has 0 aliphatic carbocycles. The third-order valence-corrected chi connectivity index (χ3v) is 11.6. The number of fused-ring (bicyclic) bond motifs is 2. The van der Waals surface area contributed by atoms with E-state index in [2.05, 4.69) is 39.0 Å². The van der Waals surface area contributed by atoms with Gasteiger partial charge in [0, 0.05) is 37.1 Å². The molecule has 6 amide bonds. The molecule has 8 rings (SSSR count). The van der Waals surface area contributed by atoms with E-state index < -0.39 is 12.1 Å². The van der Waals surface area contributed by atoms with Crippen molar-refractivity contribution in [3.63, 3.8) is 0 Å². The predicted molar refractivity (Wildman–Crippen MR) is 202 cm³/mol. The van der Waals surface area contributed by atoms with Crippen LogP contribution >= 0.6 is 12.4 Å². The second-order valence-corrected chi connectivity index (χ2v) is 15.0. The van der Waals surface area contributed by atoms with Crippen molar-refractivity contribution in [2.45, 2.75) is 95.3 Å². The highest BCUT2D eigenvalue weighted by Crippen LogP contribution is 2.35. The van der Waals surface area contributed by atoms with Gasteiger partial charge in [-0.1, -0.05) is 24.3 Å². The minimum absolute atomic E-state index is 0.